The molecule has 1 saturated heterocycles. The van der Waals surface area contributed by atoms with Crippen LogP contribution in [0.2, 0.25) is 0 Å². The molecule has 1 fully saturated rings. The summed E-state index contributed by atoms with van der Waals surface area (Å²) >= 11 is 4.02. The van der Waals surface area contributed by atoms with Gasteiger partial charge in [-0.2, -0.15) is 23.5 Å². The highest BCUT2D eigenvalue weighted by Gasteiger charge is 2.24. The zero-order valence-corrected chi connectivity index (χ0v) is 9.80. The van der Waals surface area contributed by atoms with Gasteiger partial charge in [0.25, 0.3) is 0 Å². The van der Waals surface area contributed by atoms with Crippen LogP contribution in [0.3, 0.4) is 0 Å². The molecule has 12 heavy (non-hydrogen) atoms. The van der Waals surface area contributed by atoms with Gasteiger partial charge in [0.05, 0.1) is 0 Å². The first-order chi connectivity index (χ1) is 5.74. The highest BCUT2D eigenvalue weighted by molar-refractivity contribution is 8.00. The Morgan fingerprint density at radius 2 is 2.42 bits per heavy atom. The van der Waals surface area contributed by atoms with E-state index in [-0.39, 0.29) is 0 Å². The zero-order chi connectivity index (χ0) is 8.97. The van der Waals surface area contributed by atoms with Gasteiger partial charge < -0.3 is 5.32 Å². The predicted octanol–water partition coefficient (Wildman–Crippen LogP) is 2.22. The maximum Gasteiger partial charge on any atom is 0.0194 e. The van der Waals surface area contributed by atoms with Crippen molar-refractivity contribution in [1.82, 2.24) is 5.32 Å². The molecule has 3 heteroatoms. The Morgan fingerprint density at radius 3 is 2.92 bits per heavy atom. The van der Waals surface area contributed by atoms with Crippen molar-refractivity contribution >= 4 is 23.5 Å². The second-order valence-corrected chi connectivity index (χ2v) is 5.89. The van der Waals surface area contributed by atoms with Crippen LogP contribution in [0.25, 0.3) is 0 Å². The van der Waals surface area contributed by atoms with Crippen molar-refractivity contribution in [2.45, 2.75) is 37.6 Å². The van der Waals surface area contributed by atoms with E-state index in [1.54, 1.807) is 0 Å². The molecule has 1 N–H and O–H groups in total. The second-order valence-electron chi connectivity index (χ2n) is 3.49. The maximum absolute atomic E-state index is 3.69. The molecule has 0 amide bonds. The van der Waals surface area contributed by atoms with Crippen LogP contribution in [-0.4, -0.2) is 35.1 Å². The summed E-state index contributed by atoms with van der Waals surface area (Å²) < 4.78 is 0. The highest BCUT2D eigenvalue weighted by Crippen LogP contribution is 2.26. The third kappa shape index (κ3) is 3.19. The van der Waals surface area contributed by atoms with Crippen LogP contribution in [0.5, 0.6) is 0 Å². The monoisotopic (exact) mass is 205 g/mol. The van der Waals surface area contributed by atoms with Crippen molar-refractivity contribution in [3.05, 3.63) is 0 Å². The molecule has 0 aliphatic carbocycles. The first kappa shape index (κ1) is 10.7. The SMILES string of the molecule is CSCC(C)NC1CCSC1C. The summed E-state index contributed by atoms with van der Waals surface area (Å²) in [5.74, 6) is 2.57. The Kier molecular flexibility index (Phi) is 4.84. The number of thioether (sulfide) groups is 2. The molecule has 72 valence electrons. The van der Waals surface area contributed by atoms with Crippen molar-refractivity contribution < 1.29 is 0 Å². The number of rotatable bonds is 4. The molecule has 3 unspecified atom stereocenters. The third-order valence-corrected chi connectivity index (χ3v) is 4.45. The van der Waals surface area contributed by atoms with E-state index in [0.717, 1.165) is 11.3 Å². The summed E-state index contributed by atoms with van der Waals surface area (Å²) in [5, 5.41) is 4.50. The lowest BCUT2D eigenvalue weighted by atomic mass is 10.1. The van der Waals surface area contributed by atoms with Gasteiger partial charge >= 0.3 is 0 Å². The molecule has 0 aromatic rings. The Bertz CT molecular complexity index is 130. The molecule has 1 heterocycles. The van der Waals surface area contributed by atoms with Crippen LogP contribution in [0.4, 0.5) is 0 Å². The van der Waals surface area contributed by atoms with Crippen LogP contribution in [0, 0.1) is 0 Å². The fourth-order valence-electron chi connectivity index (χ4n) is 1.61. The topological polar surface area (TPSA) is 12.0 Å². The minimum absolute atomic E-state index is 0.672. The van der Waals surface area contributed by atoms with Crippen LogP contribution < -0.4 is 5.32 Å². The average Bonchev–Trinajstić information content (AvgIpc) is 2.37. The Morgan fingerprint density at radius 1 is 1.67 bits per heavy atom. The average molecular weight is 205 g/mol. The van der Waals surface area contributed by atoms with Crippen LogP contribution in [0.1, 0.15) is 20.3 Å². The van der Waals surface area contributed by atoms with Crippen molar-refractivity contribution in [3.8, 4) is 0 Å². The number of nitrogens with one attached hydrogen (secondary N) is 1. The van der Waals surface area contributed by atoms with Crippen LogP contribution in [0.15, 0.2) is 0 Å². The highest BCUT2D eigenvalue weighted by atomic mass is 32.2. The molecule has 0 radical (unpaired) electrons. The van der Waals surface area contributed by atoms with E-state index >= 15 is 0 Å². The van der Waals surface area contributed by atoms with Crippen molar-refractivity contribution in [2.24, 2.45) is 0 Å². The van der Waals surface area contributed by atoms with Gasteiger partial charge in [-0.3, -0.25) is 0 Å². The van der Waals surface area contributed by atoms with Crippen molar-refractivity contribution in [3.63, 3.8) is 0 Å². The minimum Gasteiger partial charge on any atom is -0.310 e. The fraction of sp³-hybridized carbons (Fsp3) is 1.00. The number of hydrogen-bond acceptors (Lipinski definition) is 3. The van der Waals surface area contributed by atoms with Crippen LogP contribution >= 0.6 is 23.5 Å². The van der Waals surface area contributed by atoms with Gasteiger partial charge in [-0.15, -0.1) is 0 Å². The summed E-state index contributed by atoms with van der Waals surface area (Å²) in [4.78, 5) is 0. The zero-order valence-electron chi connectivity index (χ0n) is 8.17. The predicted molar refractivity (Wildman–Crippen MR) is 61.3 cm³/mol. The second kappa shape index (κ2) is 5.40. The molecule has 0 aromatic carbocycles. The van der Waals surface area contributed by atoms with E-state index in [4.69, 9.17) is 0 Å². The summed E-state index contributed by atoms with van der Waals surface area (Å²) in [7, 11) is 0. The minimum atomic E-state index is 0.672. The molecular weight excluding hydrogens is 186 g/mol. The largest absolute Gasteiger partial charge is 0.310 e. The van der Waals surface area contributed by atoms with Crippen LogP contribution in [-0.2, 0) is 0 Å². The van der Waals surface area contributed by atoms with Gasteiger partial charge in [-0.05, 0) is 25.4 Å². The molecule has 1 aliphatic rings. The fourth-order valence-corrected chi connectivity index (χ4v) is 3.42. The summed E-state index contributed by atoms with van der Waals surface area (Å²) in [5.41, 5.74) is 0. The molecule has 1 nitrogen and oxygen atoms in total. The third-order valence-electron chi connectivity index (χ3n) is 2.29. The Balaban J connectivity index is 2.20. The van der Waals surface area contributed by atoms with Gasteiger partial charge in [0.1, 0.15) is 0 Å². The van der Waals surface area contributed by atoms with Gasteiger partial charge in [-0.1, -0.05) is 6.92 Å². The van der Waals surface area contributed by atoms with E-state index in [9.17, 15) is 0 Å². The van der Waals surface area contributed by atoms with E-state index in [0.29, 0.717) is 6.04 Å². The molecule has 1 rings (SSSR count). The summed E-state index contributed by atoms with van der Waals surface area (Å²) in [6, 6.07) is 1.43. The molecule has 3 atom stereocenters. The smallest absolute Gasteiger partial charge is 0.0194 e. The lowest BCUT2D eigenvalue weighted by molar-refractivity contribution is 0.467. The molecule has 0 saturated carbocycles. The summed E-state index contributed by atoms with van der Waals surface area (Å²) in [6.45, 7) is 4.62. The van der Waals surface area contributed by atoms with Gasteiger partial charge in [0.15, 0.2) is 0 Å². The quantitative estimate of drug-likeness (QED) is 0.756. The Labute approximate surface area is 84.4 Å². The van der Waals surface area contributed by atoms with E-state index < -0.39 is 0 Å². The molecular formula is C9H19NS2. The van der Waals surface area contributed by atoms with E-state index in [2.05, 4.69) is 37.2 Å². The van der Waals surface area contributed by atoms with E-state index in [1.165, 1.54) is 17.9 Å². The first-order valence-electron chi connectivity index (χ1n) is 4.60. The van der Waals surface area contributed by atoms with Crippen molar-refractivity contribution in [1.29, 1.82) is 0 Å². The maximum atomic E-state index is 3.69. The normalized spacial score (nSPS) is 32.2. The molecule has 0 spiro atoms. The summed E-state index contributed by atoms with van der Waals surface area (Å²) in [6.07, 6.45) is 3.52. The van der Waals surface area contributed by atoms with Crippen molar-refractivity contribution in [2.75, 3.05) is 17.8 Å². The van der Waals surface area contributed by atoms with Gasteiger partial charge in [0.2, 0.25) is 0 Å². The molecule has 1 aliphatic heterocycles. The standard InChI is InChI=1S/C9H19NS2/c1-7(6-11-3)10-9-4-5-12-8(9)2/h7-10H,4-6H2,1-3H3. The Hall–Kier alpha value is 0.660. The lowest BCUT2D eigenvalue weighted by Gasteiger charge is -2.21. The molecule has 0 aromatic heterocycles. The number of hydrogen-bond donors (Lipinski definition) is 1. The van der Waals surface area contributed by atoms with E-state index in [1.807, 2.05) is 11.8 Å². The van der Waals surface area contributed by atoms with Gasteiger partial charge in [0, 0.05) is 23.1 Å². The molecule has 0 bridgehead atoms. The first-order valence-corrected chi connectivity index (χ1v) is 7.05. The van der Waals surface area contributed by atoms with Gasteiger partial charge in [-0.25, -0.2) is 0 Å². The lowest BCUT2D eigenvalue weighted by Crippen LogP contribution is -2.40.